The Kier molecular flexibility index (Phi) is 3.85. The van der Waals surface area contributed by atoms with Crippen LogP contribution >= 0.6 is 11.3 Å². The monoisotopic (exact) mass is 250 g/mol. The highest BCUT2D eigenvalue weighted by Gasteiger charge is 2.31. The fourth-order valence-corrected chi connectivity index (χ4v) is 2.93. The number of likely N-dealkylation sites (tertiary alicyclic amines) is 1. The first kappa shape index (κ1) is 12.6. The third-order valence-corrected chi connectivity index (χ3v) is 3.82. The summed E-state index contributed by atoms with van der Waals surface area (Å²) in [6, 6.07) is 2.11. The van der Waals surface area contributed by atoms with Crippen LogP contribution in [0.3, 0.4) is 0 Å². The van der Waals surface area contributed by atoms with Gasteiger partial charge in [-0.1, -0.05) is 11.8 Å². The average molecular weight is 250 g/mol. The van der Waals surface area contributed by atoms with Crippen LogP contribution in [0.2, 0.25) is 0 Å². The molecule has 0 radical (unpaired) electrons. The largest absolute Gasteiger partial charge is 0.389 e. The fourth-order valence-electron chi connectivity index (χ4n) is 2.08. The Morgan fingerprint density at radius 3 is 3.12 bits per heavy atom. The van der Waals surface area contributed by atoms with Crippen molar-refractivity contribution in [3.05, 3.63) is 21.9 Å². The number of nitrogens with zero attached hydrogens (tertiary/aromatic N) is 1. The molecule has 1 saturated heterocycles. The van der Waals surface area contributed by atoms with Crippen molar-refractivity contribution in [1.29, 1.82) is 0 Å². The van der Waals surface area contributed by atoms with Crippen LogP contribution in [0.1, 0.15) is 23.8 Å². The highest BCUT2D eigenvalue weighted by Crippen LogP contribution is 2.24. The molecule has 1 fully saturated rings. The SMILES string of the molecule is CC1(O)CCN(Cc2cc(C#CCN)cs2)C1. The highest BCUT2D eigenvalue weighted by atomic mass is 32.1. The van der Waals surface area contributed by atoms with Gasteiger partial charge in [0.2, 0.25) is 0 Å². The van der Waals surface area contributed by atoms with Crippen molar-refractivity contribution in [3.63, 3.8) is 0 Å². The van der Waals surface area contributed by atoms with E-state index in [1.807, 2.05) is 6.92 Å². The molecule has 0 saturated carbocycles. The van der Waals surface area contributed by atoms with Crippen LogP contribution in [-0.2, 0) is 6.54 Å². The van der Waals surface area contributed by atoms with Gasteiger partial charge in [0, 0.05) is 35.5 Å². The van der Waals surface area contributed by atoms with E-state index in [0.717, 1.165) is 31.6 Å². The Bertz CT molecular complexity index is 442. The first-order chi connectivity index (χ1) is 8.09. The first-order valence-corrected chi connectivity index (χ1v) is 6.68. The van der Waals surface area contributed by atoms with Crippen LogP contribution in [0.15, 0.2) is 11.4 Å². The van der Waals surface area contributed by atoms with Gasteiger partial charge in [0.05, 0.1) is 12.1 Å². The Morgan fingerprint density at radius 1 is 1.65 bits per heavy atom. The summed E-state index contributed by atoms with van der Waals surface area (Å²) in [6.07, 6.45) is 0.859. The molecule has 1 aromatic heterocycles. The third-order valence-electron chi connectivity index (χ3n) is 2.90. The second-order valence-corrected chi connectivity index (χ2v) is 5.76. The molecule has 1 unspecified atom stereocenters. The molecule has 1 atom stereocenters. The second-order valence-electron chi connectivity index (χ2n) is 4.77. The van der Waals surface area contributed by atoms with Crippen LogP contribution in [0.5, 0.6) is 0 Å². The van der Waals surface area contributed by atoms with Gasteiger partial charge < -0.3 is 10.8 Å². The summed E-state index contributed by atoms with van der Waals surface area (Å²) < 4.78 is 0. The van der Waals surface area contributed by atoms with Crippen molar-refractivity contribution < 1.29 is 5.11 Å². The molecule has 3 N–H and O–H groups in total. The minimum Gasteiger partial charge on any atom is -0.389 e. The Hall–Kier alpha value is -0.860. The van der Waals surface area contributed by atoms with Gasteiger partial charge in [0.1, 0.15) is 0 Å². The summed E-state index contributed by atoms with van der Waals surface area (Å²) in [4.78, 5) is 3.58. The van der Waals surface area contributed by atoms with Gasteiger partial charge in [0.25, 0.3) is 0 Å². The Labute approximate surface area is 106 Å². The van der Waals surface area contributed by atoms with Crippen molar-refractivity contribution in [3.8, 4) is 11.8 Å². The lowest BCUT2D eigenvalue weighted by molar-refractivity contribution is 0.0680. The van der Waals surface area contributed by atoms with Crippen LogP contribution < -0.4 is 5.73 Å². The quantitative estimate of drug-likeness (QED) is 0.770. The van der Waals surface area contributed by atoms with Crippen LogP contribution in [0.25, 0.3) is 0 Å². The normalized spacial score (nSPS) is 24.6. The van der Waals surface area contributed by atoms with E-state index in [2.05, 4.69) is 28.2 Å². The zero-order chi connectivity index (χ0) is 12.3. The predicted octanol–water partition coefficient (Wildman–Crippen LogP) is 1.02. The second kappa shape index (κ2) is 5.19. The van der Waals surface area contributed by atoms with Crippen LogP contribution in [0, 0.1) is 11.8 Å². The minimum absolute atomic E-state index is 0.403. The fraction of sp³-hybridized carbons (Fsp3) is 0.538. The zero-order valence-electron chi connectivity index (χ0n) is 10.1. The molecule has 92 valence electrons. The molecule has 3 nitrogen and oxygen atoms in total. The lowest BCUT2D eigenvalue weighted by Gasteiger charge is -2.17. The lowest BCUT2D eigenvalue weighted by Crippen LogP contribution is -2.29. The molecule has 1 aliphatic heterocycles. The van der Waals surface area contributed by atoms with Gasteiger partial charge in [-0.3, -0.25) is 4.90 Å². The Morgan fingerprint density at radius 2 is 2.47 bits per heavy atom. The molecule has 0 spiro atoms. The number of β-amino-alcohol motifs (C(OH)–C–C–N with tert-alkyl or cyclic N) is 1. The number of thiophene rings is 1. The molecular weight excluding hydrogens is 232 g/mol. The summed E-state index contributed by atoms with van der Waals surface area (Å²) >= 11 is 1.72. The van der Waals surface area contributed by atoms with Gasteiger partial charge in [-0.25, -0.2) is 0 Å². The molecule has 1 aliphatic rings. The number of hydrogen-bond acceptors (Lipinski definition) is 4. The third kappa shape index (κ3) is 3.55. The summed E-state index contributed by atoms with van der Waals surface area (Å²) in [7, 11) is 0. The summed E-state index contributed by atoms with van der Waals surface area (Å²) in [5.74, 6) is 5.89. The summed E-state index contributed by atoms with van der Waals surface area (Å²) in [6.45, 7) is 4.94. The van der Waals surface area contributed by atoms with Crippen LogP contribution in [0.4, 0.5) is 0 Å². The van der Waals surface area contributed by atoms with Crippen LogP contribution in [-0.4, -0.2) is 35.2 Å². The maximum Gasteiger partial charge on any atom is 0.0758 e. The molecule has 2 rings (SSSR count). The first-order valence-electron chi connectivity index (χ1n) is 5.80. The number of aliphatic hydroxyl groups is 1. The number of nitrogens with two attached hydrogens (primary N) is 1. The van der Waals surface area contributed by atoms with Crippen molar-refractivity contribution in [2.45, 2.75) is 25.5 Å². The van der Waals surface area contributed by atoms with E-state index in [-0.39, 0.29) is 0 Å². The standard InChI is InChI=1S/C13H18N2OS/c1-13(16)4-6-15(10-13)8-12-7-11(9-17-12)3-2-5-14/h7,9,16H,4-6,8,10,14H2,1H3. The molecule has 17 heavy (non-hydrogen) atoms. The van der Waals surface area contributed by atoms with Gasteiger partial charge in [0.15, 0.2) is 0 Å². The van der Waals surface area contributed by atoms with E-state index in [0.29, 0.717) is 6.54 Å². The van der Waals surface area contributed by atoms with Crippen molar-refractivity contribution in [2.75, 3.05) is 19.6 Å². The maximum absolute atomic E-state index is 9.89. The Balaban J connectivity index is 1.94. The molecule has 2 heterocycles. The number of hydrogen-bond donors (Lipinski definition) is 2. The maximum atomic E-state index is 9.89. The lowest BCUT2D eigenvalue weighted by atomic mass is 10.1. The molecule has 4 heteroatoms. The van der Waals surface area contributed by atoms with Crippen molar-refractivity contribution in [1.82, 2.24) is 4.90 Å². The molecular formula is C13H18N2OS. The van der Waals surface area contributed by atoms with E-state index in [9.17, 15) is 5.11 Å². The van der Waals surface area contributed by atoms with E-state index in [1.54, 1.807) is 11.3 Å². The van der Waals surface area contributed by atoms with Gasteiger partial charge in [-0.2, -0.15) is 0 Å². The molecule has 0 bridgehead atoms. The van der Waals surface area contributed by atoms with Gasteiger partial charge in [-0.15, -0.1) is 11.3 Å². The summed E-state index contributed by atoms with van der Waals surface area (Å²) in [5.41, 5.74) is 5.87. The average Bonchev–Trinajstić information content (AvgIpc) is 2.83. The van der Waals surface area contributed by atoms with Gasteiger partial charge in [-0.05, 0) is 19.4 Å². The highest BCUT2D eigenvalue weighted by molar-refractivity contribution is 7.10. The van der Waals surface area contributed by atoms with E-state index in [1.165, 1.54) is 4.88 Å². The minimum atomic E-state index is -0.514. The van der Waals surface area contributed by atoms with Crippen molar-refractivity contribution >= 4 is 11.3 Å². The zero-order valence-corrected chi connectivity index (χ0v) is 10.9. The topological polar surface area (TPSA) is 49.5 Å². The van der Waals surface area contributed by atoms with Gasteiger partial charge >= 0.3 is 0 Å². The molecule has 1 aromatic rings. The molecule has 0 aromatic carbocycles. The smallest absolute Gasteiger partial charge is 0.0758 e. The van der Waals surface area contributed by atoms with E-state index >= 15 is 0 Å². The predicted molar refractivity (Wildman–Crippen MR) is 70.8 cm³/mol. The number of rotatable bonds is 2. The van der Waals surface area contributed by atoms with E-state index in [4.69, 9.17) is 5.73 Å². The van der Waals surface area contributed by atoms with E-state index < -0.39 is 5.60 Å². The summed E-state index contributed by atoms with van der Waals surface area (Å²) in [5, 5.41) is 12.0. The van der Waals surface area contributed by atoms with Crippen molar-refractivity contribution in [2.24, 2.45) is 5.73 Å². The molecule has 0 aliphatic carbocycles. The molecule has 0 amide bonds.